The van der Waals surface area contributed by atoms with Gasteiger partial charge in [0.1, 0.15) is 11.5 Å². The Morgan fingerprint density at radius 1 is 0.585 bits per heavy atom. The summed E-state index contributed by atoms with van der Waals surface area (Å²) in [5.74, 6) is 0.828. The Labute approximate surface area is 271 Å². The maximum Gasteiger partial charge on any atom is 0.343 e. The smallest absolute Gasteiger partial charge is 0.343 e. The van der Waals surface area contributed by atoms with E-state index in [0.29, 0.717) is 52.0 Å². The predicted octanol–water partition coefficient (Wildman–Crippen LogP) is 9.52. The highest BCUT2D eigenvalue weighted by Gasteiger charge is 2.28. The molecule has 212 valence electrons. The van der Waals surface area contributed by atoms with E-state index in [1.807, 2.05) is 24.3 Å². The normalized spacial score (nSPS) is 11.1. The first-order valence-electron chi connectivity index (χ1n) is 12.2. The van der Waals surface area contributed by atoms with Crippen LogP contribution in [0.2, 0.25) is 0 Å². The van der Waals surface area contributed by atoms with E-state index >= 15 is 0 Å². The zero-order chi connectivity index (χ0) is 29.9. The van der Waals surface area contributed by atoms with Gasteiger partial charge in [0, 0.05) is 5.41 Å². The zero-order valence-corrected chi connectivity index (χ0v) is 28.7. The molecule has 0 amide bonds. The minimum Gasteiger partial charge on any atom is -0.497 e. The molecule has 0 heterocycles. The number of hydrogen-bond acceptors (Lipinski definition) is 6. The Bertz CT molecular complexity index is 1470. The highest BCUT2D eigenvalue weighted by molar-refractivity contribution is 9.11. The second-order valence-corrected chi connectivity index (χ2v) is 12.8. The van der Waals surface area contributed by atoms with Crippen molar-refractivity contribution >= 4 is 75.7 Å². The van der Waals surface area contributed by atoms with Crippen LogP contribution in [-0.2, 0) is 5.41 Å². The SMILES string of the molecule is COc1cccc(C(=O)Oc2c(Br)cc(C(C)(C)c3cc(Br)c(OC(=O)c4cccc(OC)c4)c(Br)c3)cc2Br)c1. The summed E-state index contributed by atoms with van der Waals surface area (Å²) in [5.41, 5.74) is 2.12. The first-order valence-corrected chi connectivity index (χ1v) is 15.3. The van der Waals surface area contributed by atoms with Crippen LogP contribution in [0.4, 0.5) is 0 Å². The van der Waals surface area contributed by atoms with Crippen LogP contribution in [0.25, 0.3) is 0 Å². The van der Waals surface area contributed by atoms with Crippen molar-refractivity contribution in [3.05, 3.63) is 113 Å². The van der Waals surface area contributed by atoms with E-state index < -0.39 is 17.4 Å². The lowest BCUT2D eigenvalue weighted by atomic mass is 9.78. The number of benzene rings is 4. The average molecular weight is 812 g/mol. The first-order chi connectivity index (χ1) is 19.4. The van der Waals surface area contributed by atoms with Crippen LogP contribution in [-0.4, -0.2) is 26.2 Å². The summed E-state index contributed by atoms with van der Waals surface area (Å²) in [6.07, 6.45) is 0. The Balaban J connectivity index is 1.59. The number of carbonyl (C=O) groups excluding carboxylic acids is 2. The number of carbonyl (C=O) groups is 2. The molecule has 0 bridgehead atoms. The highest BCUT2D eigenvalue weighted by atomic mass is 79.9. The molecule has 0 fully saturated rings. The van der Waals surface area contributed by atoms with Crippen LogP contribution >= 0.6 is 63.7 Å². The monoisotopic (exact) mass is 808 g/mol. The Morgan fingerprint density at radius 3 is 1.24 bits per heavy atom. The van der Waals surface area contributed by atoms with Gasteiger partial charge in [0.25, 0.3) is 0 Å². The summed E-state index contributed by atoms with van der Waals surface area (Å²) in [4.78, 5) is 25.6. The summed E-state index contributed by atoms with van der Waals surface area (Å²) in [5, 5.41) is 0. The molecule has 4 aromatic rings. The van der Waals surface area contributed by atoms with Gasteiger partial charge < -0.3 is 18.9 Å². The summed E-state index contributed by atoms with van der Waals surface area (Å²) in [6, 6.07) is 21.2. The van der Waals surface area contributed by atoms with Gasteiger partial charge >= 0.3 is 11.9 Å². The molecule has 0 aromatic heterocycles. The van der Waals surface area contributed by atoms with E-state index in [4.69, 9.17) is 18.9 Å². The standard InChI is InChI=1S/C31H24Br4O6/c1-31(2,19-13-23(32)27(24(33)14-19)40-29(36)17-7-5-9-21(11-17)38-3)20-15-25(34)28(26(35)16-20)41-30(37)18-8-6-10-22(12-18)39-4/h5-16H,1-4H3. The molecule has 0 spiro atoms. The van der Waals surface area contributed by atoms with Crippen molar-refractivity contribution in [3.8, 4) is 23.0 Å². The molecule has 0 aliphatic rings. The predicted molar refractivity (Wildman–Crippen MR) is 172 cm³/mol. The fourth-order valence-corrected chi connectivity index (χ4v) is 6.70. The third-order valence-corrected chi connectivity index (χ3v) is 8.80. The van der Waals surface area contributed by atoms with E-state index in [2.05, 4.69) is 77.6 Å². The highest BCUT2D eigenvalue weighted by Crippen LogP contribution is 2.44. The van der Waals surface area contributed by atoms with Crippen molar-refractivity contribution in [1.82, 2.24) is 0 Å². The summed E-state index contributed by atoms with van der Waals surface area (Å²) in [7, 11) is 3.08. The van der Waals surface area contributed by atoms with Gasteiger partial charge in [-0.25, -0.2) is 9.59 Å². The fourth-order valence-electron chi connectivity index (χ4n) is 4.01. The molecule has 10 heteroatoms. The summed E-state index contributed by atoms with van der Waals surface area (Å²) >= 11 is 14.3. The number of halogens is 4. The third-order valence-electron chi connectivity index (χ3n) is 6.44. The van der Waals surface area contributed by atoms with Crippen molar-refractivity contribution in [2.75, 3.05) is 14.2 Å². The Hall–Kier alpha value is -2.66. The van der Waals surface area contributed by atoms with E-state index in [0.717, 1.165) is 11.1 Å². The average Bonchev–Trinajstić information content (AvgIpc) is 2.96. The topological polar surface area (TPSA) is 71.1 Å². The first kappa shape index (κ1) is 31.3. The van der Waals surface area contributed by atoms with Gasteiger partial charge in [-0.2, -0.15) is 0 Å². The molecule has 0 N–H and O–H groups in total. The quantitative estimate of drug-likeness (QED) is 0.131. The molecule has 0 atom stereocenters. The van der Waals surface area contributed by atoms with Gasteiger partial charge in [-0.3, -0.25) is 0 Å². The second-order valence-electron chi connectivity index (χ2n) is 9.41. The van der Waals surface area contributed by atoms with Gasteiger partial charge in [0.05, 0.1) is 43.2 Å². The number of hydrogen-bond donors (Lipinski definition) is 0. The van der Waals surface area contributed by atoms with Crippen LogP contribution in [0.15, 0.2) is 90.7 Å². The van der Waals surface area contributed by atoms with Gasteiger partial charge in [0.2, 0.25) is 0 Å². The maximum atomic E-state index is 12.8. The van der Waals surface area contributed by atoms with Gasteiger partial charge in [-0.1, -0.05) is 26.0 Å². The number of rotatable bonds is 8. The second kappa shape index (κ2) is 13.1. The number of ether oxygens (including phenoxy) is 4. The molecule has 4 aromatic carbocycles. The van der Waals surface area contributed by atoms with Crippen LogP contribution in [0.5, 0.6) is 23.0 Å². The fraction of sp³-hybridized carbons (Fsp3) is 0.161. The van der Waals surface area contributed by atoms with E-state index in [1.54, 1.807) is 48.5 Å². The van der Waals surface area contributed by atoms with Crippen molar-refractivity contribution in [2.45, 2.75) is 19.3 Å². The van der Waals surface area contributed by atoms with Crippen molar-refractivity contribution in [1.29, 1.82) is 0 Å². The molecule has 0 aliphatic carbocycles. The van der Waals surface area contributed by atoms with Gasteiger partial charge in [-0.05, 0) is 136 Å². The molecule has 0 unspecified atom stereocenters. The third kappa shape index (κ3) is 7.05. The molecule has 4 rings (SSSR count). The van der Waals surface area contributed by atoms with Crippen molar-refractivity contribution < 1.29 is 28.5 Å². The minimum atomic E-state index is -0.510. The summed E-state index contributed by atoms with van der Waals surface area (Å²) in [6.45, 7) is 4.14. The van der Waals surface area contributed by atoms with E-state index in [1.165, 1.54) is 14.2 Å². The van der Waals surface area contributed by atoms with Crippen LogP contribution in [0.3, 0.4) is 0 Å². The van der Waals surface area contributed by atoms with E-state index in [-0.39, 0.29) is 0 Å². The molecule has 0 saturated carbocycles. The Morgan fingerprint density at radius 2 is 0.927 bits per heavy atom. The molecular formula is C31H24Br4O6. The van der Waals surface area contributed by atoms with Crippen molar-refractivity contribution in [3.63, 3.8) is 0 Å². The lowest BCUT2D eigenvalue weighted by Gasteiger charge is -2.28. The molecule has 0 aliphatic heterocycles. The van der Waals surface area contributed by atoms with Crippen LogP contribution in [0, 0.1) is 0 Å². The lowest BCUT2D eigenvalue weighted by molar-refractivity contribution is 0.0722. The van der Waals surface area contributed by atoms with Gasteiger partial charge in [0.15, 0.2) is 11.5 Å². The molecule has 0 radical (unpaired) electrons. The number of esters is 2. The summed E-state index contributed by atoms with van der Waals surface area (Å²) < 4.78 is 24.3. The molecule has 6 nitrogen and oxygen atoms in total. The molecule has 0 saturated heterocycles. The Kier molecular flexibility index (Phi) is 10.00. The molecular weight excluding hydrogens is 788 g/mol. The maximum absolute atomic E-state index is 12.8. The van der Waals surface area contributed by atoms with Crippen molar-refractivity contribution in [2.24, 2.45) is 0 Å². The minimum absolute atomic E-state index is 0.361. The largest absolute Gasteiger partial charge is 0.497 e. The van der Waals surface area contributed by atoms with Crippen LogP contribution in [0.1, 0.15) is 45.7 Å². The lowest BCUT2D eigenvalue weighted by Crippen LogP contribution is -2.20. The van der Waals surface area contributed by atoms with E-state index in [9.17, 15) is 9.59 Å². The number of methoxy groups -OCH3 is 2. The molecule has 41 heavy (non-hydrogen) atoms. The zero-order valence-electron chi connectivity index (χ0n) is 22.4. The van der Waals surface area contributed by atoms with Crippen LogP contribution < -0.4 is 18.9 Å². The van der Waals surface area contributed by atoms with Gasteiger partial charge in [-0.15, -0.1) is 0 Å².